The lowest BCUT2D eigenvalue weighted by Gasteiger charge is -2.19. The molecule has 0 saturated carbocycles. The molecule has 16 heavy (non-hydrogen) atoms. The number of halogens is 1. The molecule has 3 rings (SSSR count). The molecule has 1 heterocycles. The van der Waals surface area contributed by atoms with Crippen LogP contribution in [0.25, 0.3) is 0 Å². The number of hydrogen-bond acceptors (Lipinski definition) is 1. The summed E-state index contributed by atoms with van der Waals surface area (Å²) < 4.78 is 13.9. The zero-order chi connectivity index (χ0) is 11.1. The van der Waals surface area contributed by atoms with Crippen molar-refractivity contribution >= 4 is 0 Å². The zero-order valence-corrected chi connectivity index (χ0v) is 9.78. The Hall–Kier alpha value is -0.890. The fourth-order valence-electron chi connectivity index (χ4n) is 3.25. The number of nitrogens with one attached hydrogen (secondary N) is 1. The summed E-state index contributed by atoms with van der Waals surface area (Å²) in [7, 11) is 0. The maximum absolute atomic E-state index is 13.9. The van der Waals surface area contributed by atoms with Gasteiger partial charge in [-0.25, -0.2) is 4.39 Å². The van der Waals surface area contributed by atoms with E-state index in [2.05, 4.69) is 5.32 Å². The lowest BCUT2D eigenvalue weighted by Crippen LogP contribution is -2.17. The van der Waals surface area contributed by atoms with Gasteiger partial charge in [-0.1, -0.05) is 0 Å². The molecule has 0 radical (unpaired) electrons. The van der Waals surface area contributed by atoms with Crippen LogP contribution in [0.15, 0.2) is 6.07 Å². The van der Waals surface area contributed by atoms with Crippen molar-refractivity contribution < 1.29 is 4.39 Å². The summed E-state index contributed by atoms with van der Waals surface area (Å²) in [6, 6.07) is 2.17. The van der Waals surface area contributed by atoms with Crippen LogP contribution in [0.5, 0.6) is 0 Å². The van der Waals surface area contributed by atoms with Gasteiger partial charge in [-0.05, 0) is 73.9 Å². The van der Waals surface area contributed by atoms with Crippen LogP contribution in [0, 0.1) is 12.7 Å². The molecule has 0 spiro atoms. The average Bonchev–Trinajstić information content (AvgIpc) is 2.89. The molecule has 1 N–H and O–H groups in total. The second-order valence-electron chi connectivity index (χ2n) is 5.04. The van der Waals surface area contributed by atoms with Crippen molar-refractivity contribution in [2.24, 2.45) is 0 Å². The van der Waals surface area contributed by atoms with Crippen LogP contribution in [0.1, 0.15) is 47.6 Å². The van der Waals surface area contributed by atoms with Crippen LogP contribution in [0.4, 0.5) is 4.39 Å². The Bertz CT molecular complexity index is 419. The van der Waals surface area contributed by atoms with Crippen molar-refractivity contribution in [1.29, 1.82) is 0 Å². The quantitative estimate of drug-likeness (QED) is 0.765. The lowest BCUT2D eigenvalue weighted by atomic mass is 9.91. The molecule has 0 unspecified atom stereocenters. The van der Waals surface area contributed by atoms with Gasteiger partial charge in [0.05, 0.1) is 0 Å². The van der Waals surface area contributed by atoms with Gasteiger partial charge in [0.1, 0.15) is 5.82 Å². The third kappa shape index (κ3) is 1.47. The van der Waals surface area contributed by atoms with Crippen molar-refractivity contribution in [3.63, 3.8) is 0 Å². The van der Waals surface area contributed by atoms with E-state index in [4.69, 9.17) is 0 Å². The first-order chi connectivity index (χ1) is 7.77. The van der Waals surface area contributed by atoms with Crippen molar-refractivity contribution in [2.45, 2.75) is 45.1 Å². The van der Waals surface area contributed by atoms with Crippen LogP contribution in [-0.2, 0) is 12.8 Å². The Morgan fingerprint density at radius 2 is 2.19 bits per heavy atom. The molecule has 86 valence electrons. The molecular formula is C14H18FN. The zero-order valence-electron chi connectivity index (χ0n) is 9.78. The van der Waals surface area contributed by atoms with Gasteiger partial charge in [-0.3, -0.25) is 0 Å². The predicted molar refractivity (Wildman–Crippen MR) is 63.1 cm³/mol. The first-order valence-electron chi connectivity index (χ1n) is 6.31. The Kier molecular flexibility index (Phi) is 2.47. The van der Waals surface area contributed by atoms with E-state index in [9.17, 15) is 4.39 Å². The van der Waals surface area contributed by atoms with Gasteiger partial charge in [0, 0.05) is 6.04 Å². The van der Waals surface area contributed by atoms with Gasteiger partial charge in [0.15, 0.2) is 0 Å². The molecular weight excluding hydrogens is 201 g/mol. The van der Waals surface area contributed by atoms with Crippen molar-refractivity contribution in [3.05, 3.63) is 34.1 Å². The summed E-state index contributed by atoms with van der Waals surface area (Å²) in [6.45, 7) is 3.01. The maximum Gasteiger partial charge on any atom is 0.126 e. The molecule has 1 nitrogen and oxygen atoms in total. The van der Waals surface area contributed by atoms with E-state index < -0.39 is 0 Å². The van der Waals surface area contributed by atoms with Gasteiger partial charge in [0.2, 0.25) is 0 Å². The normalized spacial score (nSPS) is 23.8. The highest BCUT2D eigenvalue weighted by molar-refractivity contribution is 5.46. The Morgan fingerprint density at radius 3 is 2.94 bits per heavy atom. The van der Waals surface area contributed by atoms with E-state index in [1.807, 2.05) is 6.92 Å². The van der Waals surface area contributed by atoms with Gasteiger partial charge < -0.3 is 5.32 Å². The second kappa shape index (κ2) is 3.85. The van der Waals surface area contributed by atoms with Crippen LogP contribution in [-0.4, -0.2) is 6.54 Å². The van der Waals surface area contributed by atoms with Gasteiger partial charge in [0.25, 0.3) is 0 Å². The number of hydrogen-bond donors (Lipinski definition) is 1. The molecule has 1 aromatic rings. The van der Waals surface area contributed by atoms with Crippen LogP contribution in [0.2, 0.25) is 0 Å². The largest absolute Gasteiger partial charge is 0.310 e. The minimum absolute atomic E-state index is 0.00986. The number of rotatable bonds is 1. The average molecular weight is 219 g/mol. The number of fused-ring (bicyclic) bond motifs is 1. The summed E-state index contributed by atoms with van der Waals surface area (Å²) in [4.78, 5) is 0. The van der Waals surface area contributed by atoms with E-state index in [0.717, 1.165) is 31.4 Å². The minimum atomic E-state index is -0.00986. The minimum Gasteiger partial charge on any atom is -0.310 e. The number of benzene rings is 1. The summed E-state index contributed by atoms with van der Waals surface area (Å²) in [5, 5.41) is 3.50. The molecule has 0 amide bonds. The van der Waals surface area contributed by atoms with E-state index >= 15 is 0 Å². The van der Waals surface area contributed by atoms with Crippen molar-refractivity contribution in [1.82, 2.24) is 5.32 Å². The molecule has 1 aliphatic heterocycles. The highest BCUT2D eigenvalue weighted by Crippen LogP contribution is 2.36. The first-order valence-corrected chi connectivity index (χ1v) is 6.31. The Balaban J connectivity index is 2.14. The molecule has 2 heteroatoms. The van der Waals surface area contributed by atoms with Crippen LogP contribution < -0.4 is 5.32 Å². The standard InChI is InChI=1S/C14H18FN/c1-9-12(15)8-10-4-2-5-11(10)14(9)13-6-3-7-16-13/h8,13,16H,2-7H2,1H3/t13-/m0/s1. The van der Waals surface area contributed by atoms with Gasteiger partial charge >= 0.3 is 0 Å². The lowest BCUT2D eigenvalue weighted by molar-refractivity contribution is 0.590. The SMILES string of the molecule is Cc1c(F)cc2c(c1[C@@H]1CCCN1)CCC2. The van der Waals surface area contributed by atoms with Crippen LogP contribution >= 0.6 is 0 Å². The third-order valence-corrected chi connectivity index (χ3v) is 4.06. The molecule has 2 aliphatic rings. The van der Waals surface area contributed by atoms with E-state index in [1.165, 1.54) is 29.5 Å². The molecule has 1 saturated heterocycles. The fourth-order valence-corrected chi connectivity index (χ4v) is 3.25. The summed E-state index contributed by atoms with van der Waals surface area (Å²) in [6.07, 6.45) is 5.78. The van der Waals surface area contributed by atoms with Crippen molar-refractivity contribution in [2.75, 3.05) is 6.54 Å². The topological polar surface area (TPSA) is 12.0 Å². The van der Waals surface area contributed by atoms with E-state index in [-0.39, 0.29) is 5.82 Å². The molecule has 0 bridgehead atoms. The molecule has 1 aliphatic carbocycles. The predicted octanol–water partition coefficient (Wildman–Crippen LogP) is 3.05. The van der Waals surface area contributed by atoms with Crippen molar-refractivity contribution in [3.8, 4) is 0 Å². The molecule has 0 aromatic heterocycles. The monoisotopic (exact) mass is 219 g/mol. The molecule has 1 aromatic carbocycles. The van der Waals surface area contributed by atoms with Gasteiger partial charge in [-0.2, -0.15) is 0 Å². The fraction of sp³-hybridized carbons (Fsp3) is 0.571. The number of aryl methyl sites for hydroxylation is 1. The highest BCUT2D eigenvalue weighted by atomic mass is 19.1. The van der Waals surface area contributed by atoms with Crippen LogP contribution in [0.3, 0.4) is 0 Å². The third-order valence-electron chi connectivity index (χ3n) is 4.06. The molecule has 1 fully saturated rings. The molecule has 1 atom stereocenters. The Labute approximate surface area is 96.1 Å². The van der Waals surface area contributed by atoms with Gasteiger partial charge in [-0.15, -0.1) is 0 Å². The summed E-state index contributed by atoms with van der Waals surface area (Å²) in [5.41, 5.74) is 4.86. The van der Waals surface area contributed by atoms with E-state index in [0.29, 0.717) is 6.04 Å². The maximum atomic E-state index is 13.9. The highest BCUT2D eigenvalue weighted by Gasteiger charge is 2.26. The smallest absolute Gasteiger partial charge is 0.126 e. The Morgan fingerprint density at radius 1 is 1.31 bits per heavy atom. The summed E-state index contributed by atoms with van der Waals surface area (Å²) >= 11 is 0. The first kappa shape index (κ1) is 10.3. The second-order valence-corrected chi connectivity index (χ2v) is 5.04. The summed E-state index contributed by atoms with van der Waals surface area (Å²) in [5.74, 6) is -0.00986. The van der Waals surface area contributed by atoms with E-state index in [1.54, 1.807) is 6.07 Å².